The van der Waals surface area contributed by atoms with Crippen LogP contribution in [0.15, 0.2) is 0 Å². The average Bonchev–Trinajstić information content (AvgIpc) is 1.81. The first-order chi connectivity index (χ1) is 4.45. The second-order valence-electron chi connectivity index (χ2n) is 1.64. The molecular weight excluding hydrogens is 159 g/mol. The van der Waals surface area contributed by atoms with Gasteiger partial charge in [-0.15, -0.1) is 0 Å². The van der Waals surface area contributed by atoms with Gasteiger partial charge in [-0.25, -0.2) is 4.57 Å². The minimum absolute atomic E-state index is 0.208. The zero-order valence-corrected chi connectivity index (χ0v) is 6.45. The quantitative estimate of drug-likeness (QED) is 0.455. The summed E-state index contributed by atoms with van der Waals surface area (Å²) >= 11 is 0. The summed E-state index contributed by atoms with van der Waals surface area (Å²) in [7, 11) is -2.98. The van der Waals surface area contributed by atoms with E-state index in [-0.39, 0.29) is 6.61 Å². The van der Waals surface area contributed by atoms with Crippen molar-refractivity contribution < 1.29 is 23.6 Å². The van der Waals surface area contributed by atoms with Gasteiger partial charge in [0.2, 0.25) is 0 Å². The Balaban J connectivity index is 3.46. The Bertz CT molecular complexity index is 130. The van der Waals surface area contributed by atoms with Crippen LogP contribution in [0.1, 0.15) is 0 Å². The van der Waals surface area contributed by atoms with Crippen molar-refractivity contribution in [2.24, 2.45) is 0 Å². The van der Waals surface area contributed by atoms with Gasteiger partial charge in [-0.05, 0) is 6.10 Å². The van der Waals surface area contributed by atoms with E-state index in [2.05, 4.69) is 16.2 Å². The molecule has 62 valence electrons. The largest absolute Gasteiger partial charge is 0.469 e. The predicted octanol–water partition coefficient (Wildman–Crippen LogP) is -0.0552. The second kappa shape index (κ2) is 4.05. The Kier molecular flexibility index (Phi) is 4.08. The lowest BCUT2D eigenvalue weighted by Crippen LogP contribution is -2.12. The lowest BCUT2D eigenvalue weighted by molar-refractivity contribution is 0.0733. The van der Waals surface area contributed by atoms with Gasteiger partial charge >= 0.3 is 7.82 Å². The number of rotatable bonds is 4. The molecule has 0 aromatic rings. The van der Waals surface area contributed by atoms with Crippen molar-refractivity contribution in [1.82, 2.24) is 0 Å². The fourth-order valence-electron chi connectivity index (χ4n) is 0.248. The van der Waals surface area contributed by atoms with Gasteiger partial charge in [0.05, 0.1) is 6.61 Å². The summed E-state index contributed by atoms with van der Waals surface area (Å²) in [6.07, 6.45) is -0.548. The first-order valence-electron chi connectivity index (χ1n) is 2.51. The van der Waals surface area contributed by atoms with Crippen LogP contribution in [0.4, 0.5) is 0 Å². The number of ether oxygens (including phenoxy) is 1. The highest BCUT2D eigenvalue weighted by Crippen LogP contribution is 2.35. The molecule has 0 radical (unpaired) electrons. The molecule has 2 N–H and O–H groups in total. The Morgan fingerprint density at radius 3 is 2.50 bits per heavy atom. The third kappa shape index (κ3) is 6.19. The van der Waals surface area contributed by atoms with Crippen LogP contribution in [0.25, 0.3) is 0 Å². The molecule has 0 heterocycles. The predicted molar refractivity (Wildman–Crippen MR) is 34.2 cm³/mol. The van der Waals surface area contributed by atoms with Crippen LogP contribution in [0.3, 0.4) is 0 Å². The highest BCUT2D eigenvalue weighted by molar-refractivity contribution is 7.46. The third-order valence-electron chi connectivity index (χ3n) is 0.762. The van der Waals surface area contributed by atoms with Gasteiger partial charge < -0.3 is 21.4 Å². The molecule has 5 nitrogen and oxygen atoms in total. The second-order valence-corrected chi connectivity index (χ2v) is 2.88. The van der Waals surface area contributed by atoms with Crippen molar-refractivity contribution in [2.45, 2.75) is 6.10 Å². The molecule has 0 aliphatic heterocycles. The van der Waals surface area contributed by atoms with Crippen molar-refractivity contribution >= 4 is 7.82 Å². The third-order valence-corrected chi connectivity index (χ3v) is 1.25. The molecule has 0 aliphatic carbocycles. The molecule has 6 heteroatoms. The molecule has 0 aromatic carbocycles. The molecule has 10 heavy (non-hydrogen) atoms. The topological polar surface area (TPSA) is 76.0 Å². The summed E-state index contributed by atoms with van der Waals surface area (Å²) < 4.78 is 18.7. The Morgan fingerprint density at radius 2 is 2.20 bits per heavy atom. The van der Waals surface area contributed by atoms with Crippen LogP contribution in [0.5, 0.6) is 0 Å². The van der Waals surface area contributed by atoms with E-state index >= 15 is 0 Å². The van der Waals surface area contributed by atoms with E-state index < -0.39 is 13.9 Å². The smallest absolute Gasteiger partial charge is 0.411 e. The van der Waals surface area contributed by atoms with Crippen molar-refractivity contribution in [1.29, 1.82) is 0 Å². The van der Waals surface area contributed by atoms with E-state index in [0.717, 1.165) is 0 Å². The van der Waals surface area contributed by atoms with E-state index in [1.54, 1.807) is 0 Å². The van der Waals surface area contributed by atoms with E-state index in [1.165, 1.54) is 7.11 Å². The molecule has 0 amide bonds. The molecule has 0 fully saturated rings. The van der Waals surface area contributed by atoms with Gasteiger partial charge in [0.25, 0.3) is 0 Å². The highest BCUT2D eigenvalue weighted by atomic mass is 31.2. The maximum Gasteiger partial charge on any atom is 0.469 e. The molecular formula is C4H10O5P-. The number of methoxy groups -OCH3 is 1. The molecule has 0 saturated heterocycles. The minimum atomic E-state index is -4.35. The number of hydrogen-bond acceptors (Lipinski definition) is 3. The lowest BCUT2D eigenvalue weighted by atomic mass is 10.4. The van der Waals surface area contributed by atoms with E-state index in [4.69, 9.17) is 9.79 Å². The Morgan fingerprint density at radius 1 is 1.70 bits per heavy atom. The monoisotopic (exact) mass is 169 g/mol. The van der Waals surface area contributed by atoms with Gasteiger partial charge in [-0.1, -0.05) is 0 Å². The Hall–Kier alpha value is 0.0700. The van der Waals surface area contributed by atoms with Gasteiger partial charge in [0.15, 0.2) is 0 Å². The van der Waals surface area contributed by atoms with Crippen LogP contribution in [-0.2, 0) is 13.8 Å². The average molecular weight is 169 g/mol. The van der Waals surface area contributed by atoms with Crippen LogP contribution in [0, 0.1) is 6.92 Å². The summed E-state index contributed by atoms with van der Waals surface area (Å²) in [5, 5.41) is 0. The lowest BCUT2D eigenvalue weighted by Gasteiger charge is -2.15. The molecule has 0 unspecified atom stereocenters. The van der Waals surface area contributed by atoms with Crippen molar-refractivity contribution in [3.63, 3.8) is 0 Å². The molecule has 0 aromatic heterocycles. The number of hydrogen-bond donors (Lipinski definition) is 2. The molecule has 0 bridgehead atoms. The summed E-state index contributed by atoms with van der Waals surface area (Å²) in [5.41, 5.74) is 0. The van der Waals surface area contributed by atoms with Crippen molar-refractivity contribution in [3.8, 4) is 0 Å². The summed E-state index contributed by atoms with van der Waals surface area (Å²) in [5.74, 6) is 0. The molecule has 0 spiro atoms. The van der Waals surface area contributed by atoms with E-state index in [0.29, 0.717) is 0 Å². The first-order valence-corrected chi connectivity index (χ1v) is 4.04. The standard InChI is InChI=1S/C4H10O5P/c1-4(8-2)3-9-10(5,6)7/h4H,1,3H2,2H3,(H2,5,6,7)/q-1/t4-/m1/s1. The maximum absolute atomic E-state index is 10.0. The molecule has 0 saturated carbocycles. The molecule has 0 aliphatic rings. The normalized spacial score (nSPS) is 15.2. The zero-order valence-electron chi connectivity index (χ0n) is 5.56. The molecule has 1 atom stereocenters. The van der Waals surface area contributed by atoms with E-state index in [1.807, 2.05) is 0 Å². The van der Waals surface area contributed by atoms with Crippen molar-refractivity contribution in [3.05, 3.63) is 6.92 Å². The van der Waals surface area contributed by atoms with Gasteiger partial charge in [0, 0.05) is 7.11 Å². The molecule has 0 rings (SSSR count). The van der Waals surface area contributed by atoms with Crippen LogP contribution < -0.4 is 0 Å². The van der Waals surface area contributed by atoms with Gasteiger partial charge in [-0.2, -0.15) is 0 Å². The Labute approximate surface area is 59.2 Å². The summed E-state index contributed by atoms with van der Waals surface area (Å²) in [4.78, 5) is 16.3. The number of phosphoric acid groups is 1. The number of phosphoric ester groups is 1. The fourth-order valence-corrected chi connectivity index (χ4v) is 0.609. The summed E-state index contributed by atoms with van der Waals surface area (Å²) in [6.45, 7) is 3.16. The van der Waals surface area contributed by atoms with Crippen molar-refractivity contribution in [2.75, 3.05) is 13.7 Å². The minimum Gasteiger partial charge on any atom is -0.411 e. The van der Waals surface area contributed by atoms with Crippen LogP contribution >= 0.6 is 7.82 Å². The zero-order chi connectivity index (χ0) is 8.20. The first kappa shape index (κ1) is 10.1. The van der Waals surface area contributed by atoms with Crippen LogP contribution in [-0.4, -0.2) is 29.6 Å². The highest BCUT2D eigenvalue weighted by Gasteiger charge is 2.13. The summed E-state index contributed by atoms with van der Waals surface area (Å²) in [6, 6.07) is 0. The SMILES string of the molecule is [CH2-][C@H](COP(=O)(O)O)OC. The van der Waals surface area contributed by atoms with Gasteiger partial charge in [0.1, 0.15) is 0 Å². The van der Waals surface area contributed by atoms with Crippen LogP contribution in [0.2, 0.25) is 0 Å². The maximum atomic E-state index is 10.0. The van der Waals surface area contributed by atoms with Gasteiger partial charge in [-0.3, -0.25) is 4.52 Å². The fraction of sp³-hybridized carbons (Fsp3) is 0.750. The van der Waals surface area contributed by atoms with E-state index in [9.17, 15) is 4.57 Å².